The topological polar surface area (TPSA) is 55.2 Å². The van der Waals surface area contributed by atoms with Crippen LogP contribution in [0.4, 0.5) is 5.69 Å². The Labute approximate surface area is 227 Å². The number of benzene rings is 2. The maximum Gasteiger partial charge on any atom is 0.174 e. The number of para-hydroxylation sites is 1. The third-order valence-electron chi connectivity index (χ3n) is 6.76. The molecule has 0 bridgehead atoms. The van der Waals surface area contributed by atoms with Crippen LogP contribution >= 0.6 is 12.2 Å². The molecule has 1 saturated heterocycles. The first-order valence-corrected chi connectivity index (χ1v) is 13.0. The van der Waals surface area contributed by atoms with Gasteiger partial charge in [0.25, 0.3) is 0 Å². The van der Waals surface area contributed by atoms with Gasteiger partial charge in [0, 0.05) is 30.0 Å². The predicted molar refractivity (Wildman–Crippen MR) is 153 cm³/mol. The Morgan fingerprint density at radius 1 is 0.842 bits per heavy atom. The van der Waals surface area contributed by atoms with Crippen molar-refractivity contribution in [1.29, 1.82) is 0 Å². The van der Waals surface area contributed by atoms with Crippen LogP contribution in [0, 0.1) is 6.92 Å². The van der Waals surface area contributed by atoms with Gasteiger partial charge in [0.1, 0.15) is 17.5 Å². The molecule has 0 spiro atoms. The zero-order valence-electron chi connectivity index (χ0n) is 20.9. The molecule has 2 atom stereocenters. The van der Waals surface area contributed by atoms with Gasteiger partial charge in [0.05, 0.1) is 24.0 Å². The number of pyridine rings is 2. The molecule has 4 heterocycles. The first-order chi connectivity index (χ1) is 18.7. The molecule has 3 aromatic heterocycles. The van der Waals surface area contributed by atoms with E-state index in [0.29, 0.717) is 11.7 Å². The van der Waals surface area contributed by atoms with E-state index in [-0.39, 0.29) is 12.1 Å². The summed E-state index contributed by atoms with van der Waals surface area (Å²) in [5, 5.41) is 4.20. The molecule has 0 aliphatic carbocycles. The summed E-state index contributed by atoms with van der Waals surface area (Å²) >= 11 is 5.91. The van der Waals surface area contributed by atoms with E-state index in [1.807, 2.05) is 92.1 Å². The molecule has 6 rings (SSSR count). The van der Waals surface area contributed by atoms with Crippen molar-refractivity contribution in [3.8, 4) is 11.5 Å². The van der Waals surface area contributed by atoms with Gasteiger partial charge in [-0.1, -0.05) is 30.3 Å². The number of rotatable bonds is 7. The maximum atomic E-state index is 6.14. The first-order valence-electron chi connectivity index (χ1n) is 12.6. The quantitative estimate of drug-likeness (QED) is 0.245. The van der Waals surface area contributed by atoms with E-state index in [2.05, 4.69) is 55.2 Å². The van der Waals surface area contributed by atoms with E-state index in [0.717, 1.165) is 39.8 Å². The van der Waals surface area contributed by atoms with E-state index >= 15 is 0 Å². The predicted octanol–water partition coefficient (Wildman–Crippen LogP) is 6.60. The van der Waals surface area contributed by atoms with Gasteiger partial charge in [-0.3, -0.25) is 9.97 Å². The van der Waals surface area contributed by atoms with Crippen LogP contribution < -0.4 is 15.0 Å². The summed E-state index contributed by atoms with van der Waals surface area (Å²) in [4.78, 5) is 11.4. The van der Waals surface area contributed by atoms with Crippen LogP contribution in [0.5, 0.6) is 11.5 Å². The van der Waals surface area contributed by atoms with Crippen molar-refractivity contribution >= 4 is 23.0 Å². The second-order valence-electron chi connectivity index (χ2n) is 9.24. The Kier molecular flexibility index (Phi) is 6.58. The zero-order chi connectivity index (χ0) is 25.9. The Bertz CT molecular complexity index is 1540. The lowest BCUT2D eigenvalue weighted by molar-refractivity contribution is 0.479. The minimum atomic E-state index is -0.121. The smallest absolute Gasteiger partial charge is 0.174 e. The molecule has 1 fully saturated rings. The standard InChI is InChI=1S/C31H27N5OS/c1-22-9-2-3-13-28(22)37-25-16-14-24(15-17-25)36-30(29(34-31(36)38)26-11-5-7-19-33-26)27-12-8-20-35(27)21-23-10-4-6-18-32-23/h2-20,29-30H,21H2,1H3,(H,34,38)/t29-,30+/m1/s1. The minimum absolute atomic E-state index is 0.112. The molecule has 2 aromatic carbocycles. The van der Waals surface area contributed by atoms with Crippen molar-refractivity contribution in [3.05, 3.63) is 138 Å². The molecule has 1 aliphatic heterocycles. The van der Waals surface area contributed by atoms with Crippen molar-refractivity contribution in [2.45, 2.75) is 25.6 Å². The van der Waals surface area contributed by atoms with Gasteiger partial charge >= 0.3 is 0 Å². The number of thiocarbonyl (C=S) groups is 1. The number of aromatic nitrogens is 3. The monoisotopic (exact) mass is 517 g/mol. The van der Waals surface area contributed by atoms with Gasteiger partial charge < -0.3 is 19.5 Å². The second-order valence-corrected chi connectivity index (χ2v) is 9.63. The molecule has 0 saturated carbocycles. The fraction of sp³-hybridized carbons (Fsp3) is 0.129. The highest BCUT2D eigenvalue weighted by Gasteiger charge is 2.42. The van der Waals surface area contributed by atoms with Crippen LogP contribution in [-0.2, 0) is 6.54 Å². The Hall–Kier alpha value is -4.49. The molecular weight excluding hydrogens is 490 g/mol. The van der Waals surface area contributed by atoms with E-state index < -0.39 is 0 Å². The molecular formula is C31H27N5OS. The highest BCUT2D eigenvalue weighted by Crippen LogP contribution is 2.42. The number of anilines is 1. The normalized spacial score (nSPS) is 16.9. The van der Waals surface area contributed by atoms with Gasteiger partial charge in [0.15, 0.2) is 5.11 Å². The van der Waals surface area contributed by atoms with Gasteiger partial charge in [-0.15, -0.1) is 0 Å². The molecule has 1 N–H and O–H groups in total. The van der Waals surface area contributed by atoms with Gasteiger partial charge in [-0.2, -0.15) is 0 Å². The van der Waals surface area contributed by atoms with Crippen LogP contribution in [0.3, 0.4) is 0 Å². The molecule has 0 radical (unpaired) electrons. The lowest BCUT2D eigenvalue weighted by Gasteiger charge is -2.29. The lowest BCUT2D eigenvalue weighted by atomic mass is 10.0. The van der Waals surface area contributed by atoms with E-state index in [1.165, 1.54) is 0 Å². The SMILES string of the molecule is Cc1ccccc1Oc1ccc(N2C(=S)N[C@H](c3ccccn3)[C@@H]2c2cccn2Cc2ccccn2)cc1. The number of hydrogen-bond donors (Lipinski definition) is 1. The summed E-state index contributed by atoms with van der Waals surface area (Å²) in [5.41, 5.74) is 5.13. The van der Waals surface area contributed by atoms with E-state index in [9.17, 15) is 0 Å². The van der Waals surface area contributed by atoms with E-state index in [1.54, 1.807) is 0 Å². The first kappa shape index (κ1) is 23.9. The number of aryl methyl sites for hydroxylation is 1. The molecule has 0 amide bonds. The zero-order valence-corrected chi connectivity index (χ0v) is 21.8. The highest BCUT2D eigenvalue weighted by molar-refractivity contribution is 7.80. The summed E-state index contributed by atoms with van der Waals surface area (Å²) in [5.74, 6) is 1.62. The van der Waals surface area contributed by atoms with Crippen molar-refractivity contribution in [2.24, 2.45) is 0 Å². The average molecular weight is 518 g/mol. The number of nitrogens with one attached hydrogen (secondary N) is 1. The van der Waals surface area contributed by atoms with Gasteiger partial charge in [-0.05, 0) is 91.4 Å². The van der Waals surface area contributed by atoms with Crippen LogP contribution in [0.15, 0.2) is 116 Å². The lowest BCUT2D eigenvalue weighted by Crippen LogP contribution is -2.30. The second kappa shape index (κ2) is 10.5. The van der Waals surface area contributed by atoms with Crippen LogP contribution in [0.25, 0.3) is 0 Å². The number of nitrogens with zero attached hydrogens (tertiary/aromatic N) is 4. The molecule has 1 aliphatic rings. The fourth-order valence-electron chi connectivity index (χ4n) is 4.91. The Morgan fingerprint density at radius 2 is 1.61 bits per heavy atom. The third kappa shape index (κ3) is 4.76. The minimum Gasteiger partial charge on any atom is -0.457 e. The largest absolute Gasteiger partial charge is 0.457 e. The van der Waals surface area contributed by atoms with Crippen molar-refractivity contribution in [1.82, 2.24) is 19.9 Å². The summed E-state index contributed by atoms with van der Waals surface area (Å²) in [6.45, 7) is 2.71. The van der Waals surface area contributed by atoms with E-state index in [4.69, 9.17) is 17.0 Å². The van der Waals surface area contributed by atoms with Crippen LogP contribution in [-0.4, -0.2) is 19.6 Å². The summed E-state index contributed by atoms with van der Waals surface area (Å²) < 4.78 is 8.38. The number of ether oxygens (including phenoxy) is 1. The molecule has 188 valence electrons. The van der Waals surface area contributed by atoms with Crippen LogP contribution in [0.1, 0.15) is 34.7 Å². The summed E-state index contributed by atoms with van der Waals surface area (Å²) in [6, 6.07) is 32.1. The fourth-order valence-corrected chi connectivity index (χ4v) is 5.26. The average Bonchev–Trinajstić information content (AvgIpc) is 3.55. The molecule has 38 heavy (non-hydrogen) atoms. The third-order valence-corrected chi connectivity index (χ3v) is 7.08. The van der Waals surface area contributed by atoms with Gasteiger partial charge in [0.2, 0.25) is 0 Å². The summed E-state index contributed by atoms with van der Waals surface area (Å²) in [7, 11) is 0. The molecule has 7 heteroatoms. The molecule has 6 nitrogen and oxygen atoms in total. The van der Waals surface area contributed by atoms with Crippen LogP contribution in [0.2, 0.25) is 0 Å². The summed E-state index contributed by atoms with van der Waals surface area (Å²) in [6.07, 6.45) is 5.75. The maximum absolute atomic E-state index is 6.14. The van der Waals surface area contributed by atoms with Gasteiger partial charge in [-0.25, -0.2) is 0 Å². The van der Waals surface area contributed by atoms with Crippen molar-refractivity contribution in [2.75, 3.05) is 4.90 Å². The van der Waals surface area contributed by atoms with Crippen molar-refractivity contribution in [3.63, 3.8) is 0 Å². The molecule has 5 aromatic rings. The molecule has 0 unspecified atom stereocenters. The Morgan fingerprint density at radius 3 is 2.34 bits per heavy atom. The Balaban J connectivity index is 1.36. The number of hydrogen-bond acceptors (Lipinski definition) is 4. The van der Waals surface area contributed by atoms with Crippen molar-refractivity contribution < 1.29 is 4.74 Å². The highest BCUT2D eigenvalue weighted by atomic mass is 32.1.